The summed E-state index contributed by atoms with van der Waals surface area (Å²) in [7, 11) is -13.9. The van der Waals surface area contributed by atoms with E-state index in [2.05, 4.69) is 0 Å². The SMILES string of the molecule is O=S(=O)([O-])CCC(CCS(=O)(=O)[O-])CS(=O)(=O)[O-]. The highest BCUT2D eigenvalue weighted by Crippen LogP contribution is 2.13. The predicted octanol–water partition coefficient (Wildman–Crippen LogP) is -1.98. The van der Waals surface area contributed by atoms with Gasteiger partial charge in [0.25, 0.3) is 0 Å². The summed E-state index contributed by atoms with van der Waals surface area (Å²) in [6.45, 7) is 0. The number of hydrogen-bond donors (Lipinski definition) is 0. The smallest absolute Gasteiger partial charge is 0.0948 e. The molecule has 18 heavy (non-hydrogen) atoms. The van der Waals surface area contributed by atoms with Crippen LogP contribution in [0, 0.1) is 5.92 Å². The summed E-state index contributed by atoms with van der Waals surface area (Å²) in [5.41, 5.74) is 0. The molecule has 0 aliphatic carbocycles. The molecule has 0 rings (SSSR count). The molecule has 0 heterocycles. The lowest BCUT2D eigenvalue weighted by Crippen LogP contribution is -2.22. The molecule has 12 heteroatoms. The normalized spacial score (nSPS) is 14.0. The van der Waals surface area contributed by atoms with Crippen LogP contribution < -0.4 is 0 Å². The van der Waals surface area contributed by atoms with E-state index in [0.29, 0.717) is 0 Å². The first-order valence-electron chi connectivity index (χ1n) is 4.59. The minimum atomic E-state index is -4.70. The van der Waals surface area contributed by atoms with Crippen molar-refractivity contribution in [1.29, 1.82) is 0 Å². The van der Waals surface area contributed by atoms with Gasteiger partial charge >= 0.3 is 0 Å². The third-order valence-corrected chi connectivity index (χ3v) is 4.34. The van der Waals surface area contributed by atoms with Crippen LogP contribution in [0.5, 0.6) is 0 Å². The first kappa shape index (κ1) is 17.7. The molecule has 0 amide bonds. The molecule has 0 spiro atoms. The van der Waals surface area contributed by atoms with Crippen molar-refractivity contribution in [3.05, 3.63) is 0 Å². The molecule has 0 saturated heterocycles. The molecule has 0 bridgehead atoms. The highest BCUT2D eigenvalue weighted by molar-refractivity contribution is 7.86. The number of rotatable bonds is 8. The molecule has 0 fully saturated rings. The van der Waals surface area contributed by atoms with E-state index < -0.39 is 66.4 Å². The van der Waals surface area contributed by atoms with Crippen molar-refractivity contribution >= 4 is 30.4 Å². The van der Waals surface area contributed by atoms with Crippen LogP contribution in [0.3, 0.4) is 0 Å². The lowest BCUT2D eigenvalue weighted by molar-refractivity contribution is 0.421. The standard InChI is InChI=1S/C6H14O9S3/c7-16(8,9)3-1-6(5-18(13,14)15)2-4-17(10,11)12/h6H,1-5H2,(H,7,8,9)(H,10,11,12)(H,13,14,15)/p-3. The fourth-order valence-corrected chi connectivity index (χ4v) is 3.38. The topological polar surface area (TPSA) is 172 Å². The van der Waals surface area contributed by atoms with Crippen molar-refractivity contribution in [2.75, 3.05) is 17.3 Å². The molecule has 0 unspecified atom stereocenters. The van der Waals surface area contributed by atoms with Gasteiger partial charge in [-0.15, -0.1) is 0 Å². The van der Waals surface area contributed by atoms with Gasteiger partial charge in [-0.05, 0) is 18.8 Å². The van der Waals surface area contributed by atoms with Gasteiger partial charge in [0.1, 0.15) is 0 Å². The molecule has 0 aliphatic heterocycles. The van der Waals surface area contributed by atoms with Crippen LogP contribution in [0.1, 0.15) is 12.8 Å². The van der Waals surface area contributed by atoms with E-state index in [1.165, 1.54) is 0 Å². The summed E-state index contributed by atoms with van der Waals surface area (Å²) in [6, 6.07) is 0. The first-order chi connectivity index (χ1) is 7.79. The van der Waals surface area contributed by atoms with Crippen LogP contribution in [0.15, 0.2) is 0 Å². The van der Waals surface area contributed by atoms with E-state index >= 15 is 0 Å². The van der Waals surface area contributed by atoms with E-state index in [1.54, 1.807) is 0 Å². The Morgan fingerprint density at radius 2 is 1.00 bits per heavy atom. The van der Waals surface area contributed by atoms with E-state index in [4.69, 9.17) is 0 Å². The summed E-state index contributed by atoms with van der Waals surface area (Å²) in [4.78, 5) is 0. The van der Waals surface area contributed by atoms with Crippen molar-refractivity contribution in [2.45, 2.75) is 12.8 Å². The first-order valence-corrected chi connectivity index (χ1v) is 9.32. The third-order valence-electron chi connectivity index (χ3n) is 1.99. The van der Waals surface area contributed by atoms with Gasteiger partial charge in [0.05, 0.1) is 30.4 Å². The maximum atomic E-state index is 10.5. The molecular formula is C6H11O9S3-3. The highest BCUT2D eigenvalue weighted by Gasteiger charge is 2.15. The zero-order chi connectivity index (χ0) is 14.6. The van der Waals surface area contributed by atoms with Gasteiger partial charge in [-0.1, -0.05) is 0 Å². The molecule has 0 aromatic heterocycles. The van der Waals surface area contributed by atoms with E-state index in [9.17, 15) is 38.9 Å². The average Bonchev–Trinajstić information content (AvgIpc) is 2.05. The zero-order valence-corrected chi connectivity index (χ0v) is 11.5. The molecule has 0 aromatic carbocycles. The summed E-state index contributed by atoms with van der Waals surface area (Å²) in [6.07, 6.45) is -0.967. The molecule has 0 aliphatic rings. The lowest BCUT2D eigenvalue weighted by atomic mass is 10.1. The minimum absolute atomic E-state index is 0.483. The molecular weight excluding hydrogens is 312 g/mol. The van der Waals surface area contributed by atoms with Crippen molar-refractivity contribution in [3.63, 3.8) is 0 Å². The van der Waals surface area contributed by atoms with Crippen LogP contribution in [-0.4, -0.2) is 56.2 Å². The monoisotopic (exact) mass is 323 g/mol. The fourth-order valence-electron chi connectivity index (χ4n) is 1.22. The Morgan fingerprint density at radius 3 is 1.22 bits per heavy atom. The summed E-state index contributed by atoms with van der Waals surface area (Å²) in [5, 5.41) is 0. The van der Waals surface area contributed by atoms with Crippen molar-refractivity contribution in [2.24, 2.45) is 5.92 Å². The van der Waals surface area contributed by atoms with Crippen molar-refractivity contribution in [1.82, 2.24) is 0 Å². The van der Waals surface area contributed by atoms with Gasteiger partial charge in [-0.2, -0.15) is 0 Å². The molecule has 0 radical (unpaired) electrons. The molecule has 0 saturated carbocycles. The maximum Gasteiger partial charge on any atom is 0.0948 e. The lowest BCUT2D eigenvalue weighted by Gasteiger charge is -2.20. The van der Waals surface area contributed by atoms with Crippen molar-refractivity contribution in [3.8, 4) is 0 Å². The Kier molecular flexibility index (Phi) is 6.16. The van der Waals surface area contributed by atoms with E-state index in [1.807, 2.05) is 0 Å². The Hall–Kier alpha value is -0.270. The maximum absolute atomic E-state index is 10.5. The molecule has 0 atom stereocenters. The second-order valence-electron chi connectivity index (χ2n) is 3.69. The summed E-state index contributed by atoms with van der Waals surface area (Å²) >= 11 is 0. The van der Waals surface area contributed by atoms with Gasteiger partial charge < -0.3 is 13.7 Å². The Morgan fingerprint density at radius 1 is 0.667 bits per heavy atom. The van der Waals surface area contributed by atoms with E-state index in [-0.39, 0.29) is 0 Å². The number of hydrogen-bond acceptors (Lipinski definition) is 9. The average molecular weight is 323 g/mol. The summed E-state index contributed by atoms with van der Waals surface area (Å²) in [5.74, 6) is -4.02. The van der Waals surface area contributed by atoms with Gasteiger partial charge in [0.2, 0.25) is 0 Å². The Labute approximate surface area is 105 Å². The molecule has 9 nitrogen and oxygen atoms in total. The Balaban J connectivity index is 4.63. The third kappa shape index (κ3) is 12.2. The highest BCUT2D eigenvalue weighted by atomic mass is 32.2. The van der Waals surface area contributed by atoms with Gasteiger partial charge in [-0.3, -0.25) is 0 Å². The second-order valence-corrected chi connectivity index (χ2v) is 8.19. The van der Waals surface area contributed by atoms with Crippen LogP contribution >= 0.6 is 0 Å². The molecule has 0 N–H and O–H groups in total. The van der Waals surface area contributed by atoms with Gasteiger partial charge in [0, 0.05) is 17.3 Å². The van der Waals surface area contributed by atoms with Crippen molar-refractivity contribution < 1.29 is 38.9 Å². The van der Waals surface area contributed by atoms with Crippen LogP contribution in [-0.2, 0) is 30.4 Å². The minimum Gasteiger partial charge on any atom is -0.748 e. The van der Waals surface area contributed by atoms with Crippen LogP contribution in [0.4, 0.5) is 0 Å². The second kappa shape index (κ2) is 6.25. The Bertz CT molecular complexity index is 519. The molecule has 110 valence electrons. The fraction of sp³-hybridized carbons (Fsp3) is 1.00. The van der Waals surface area contributed by atoms with Gasteiger partial charge in [-0.25, -0.2) is 25.3 Å². The largest absolute Gasteiger partial charge is 0.748 e. The van der Waals surface area contributed by atoms with Crippen LogP contribution in [0.25, 0.3) is 0 Å². The summed E-state index contributed by atoms with van der Waals surface area (Å²) < 4.78 is 93.5. The quantitative estimate of drug-likeness (QED) is 0.458. The predicted molar refractivity (Wildman–Crippen MR) is 56.4 cm³/mol. The zero-order valence-electron chi connectivity index (χ0n) is 9.01. The van der Waals surface area contributed by atoms with E-state index in [0.717, 1.165) is 0 Å². The van der Waals surface area contributed by atoms with Crippen LogP contribution in [0.2, 0.25) is 0 Å². The molecule has 0 aromatic rings. The van der Waals surface area contributed by atoms with Gasteiger partial charge in [0.15, 0.2) is 0 Å².